The Morgan fingerprint density at radius 2 is 2.11 bits per heavy atom. The molecule has 28 heavy (non-hydrogen) atoms. The third-order valence-electron chi connectivity index (χ3n) is 5.10. The van der Waals surface area contributed by atoms with E-state index in [0.29, 0.717) is 18.3 Å². The van der Waals surface area contributed by atoms with Gasteiger partial charge in [-0.15, -0.1) is 0 Å². The number of anilines is 1. The number of amides is 2. The number of benzene rings is 2. The second-order valence-electron chi connectivity index (χ2n) is 7.16. The van der Waals surface area contributed by atoms with Crippen molar-refractivity contribution in [1.82, 2.24) is 15.0 Å². The zero-order valence-electron chi connectivity index (χ0n) is 16.2. The van der Waals surface area contributed by atoms with Gasteiger partial charge in [-0.2, -0.15) is 4.98 Å². The molecule has 0 aliphatic carbocycles. The van der Waals surface area contributed by atoms with Crippen LogP contribution in [0.3, 0.4) is 0 Å². The SMILES string of the molecule is CCc1cccc(NC(=O)N2CCC[C@@H]2c2nc(-c3cccc(C)c3)no2)c1. The number of carbonyl (C=O) groups is 1. The Morgan fingerprint density at radius 3 is 2.93 bits per heavy atom. The van der Waals surface area contributed by atoms with Gasteiger partial charge in [0, 0.05) is 17.8 Å². The van der Waals surface area contributed by atoms with E-state index in [-0.39, 0.29) is 12.1 Å². The maximum atomic E-state index is 12.8. The fourth-order valence-corrected chi connectivity index (χ4v) is 3.60. The van der Waals surface area contributed by atoms with Gasteiger partial charge in [-0.25, -0.2) is 4.79 Å². The van der Waals surface area contributed by atoms with E-state index in [1.807, 2.05) is 49.4 Å². The van der Waals surface area contributed by atoms with Crippen molar-refractivity contribution in [3.63, 3.8) is 0 Å². The second kappa shape index (κ2) is 7.84. The largest absolute Gasteiger partial charge is 0.337 e. The van der Waals surface area contributed by atoms with E-state index >= 15 is 0 Å². The first-order valence-corrected chi connectivity index (χ1v) is 9.71. The number of hydrogen-bond acceptors (Lipinski definition) is 4. The van der Waals surface area contributed by atoms with Gasteiger partial charge in [0.25, 0.3) is 0 Å². The zero-order valence-corrected chi connectivity index (χ0v) is 16.2. The molecular formula is C22H24N4O2. The van der Waals surface area contributed by atoms with Gasteiger partial charge >= 0.3 is 6.03 Å². The first-order chi connectivity index (χ1) is 13.6. The van der Waals surface area contributed by atoms with E-state index in [2.05, 4.69) is 28.4 Å². The zero-order chi connectivity index (χ0) is 19.5. The van der Waals surface area contributed by atoms with Gasteiger partial charge in [0.05, 0.1) is 0 Å². The monoisotopic (exact) mass is 376 g/mol. The molecule has 0 radical (unpaired) electrons. The molecule has 1 N–H and O–H groups in total. The molecule has 2 aromatic carbocycles. The number of hydrogen-bond donors (Lipinski definition) is 1. The molecular weight excluding hydrogens is 352 g/mol. The van der Waals surface area contributed by atoms with E-state index in [4.69, 9.17) is 4.52 Å². The molecule has 1 atom stereocenters. The Bertz CT molecular complexity index is 982. The second-order valence-corrected chi connectivity index (χ2v) is 7.16. The Balaban J connectivity index is 1.51. The molecule has 1 aliphatic heterocycles. The van der Waals surface area contributed by atoms with Gasteiger partial charge in [0.2, 0.25) is 11.7 Å². The fraction of sp³-hybridized carbons (Fsp3) is 0.318. The molecule has 6 nitrogen and oxygen atoms in total. The number of aromatic nitrogens is 2. The lowest BCUT2D eigenvalue weighted by Crippen LogP contribution is -2.34. The van der Waals surface area contributed by atoms with Crippen molar-refractivity contribution in [2.45, 2.75) is 39.2 Å². The van der Waals surface area contributed by atoms with Crippen molar-refractivity contribution in [1.29, 1.82) is 0 Å². The first kappa shape index (κ1) is 18.2. The summed E-state index contributed by atoms with van der Waals surface area (Å²) in [4.78, 5) is 19.2. The summed E-state index contributed by atoms with van der Waals surface area (Å²) in [7, 11) is 0. The van der Waals surface area contributed by atoms with Crippen LogP contribution < -0.4 is 5.32 Å². The average Bonchev–Trinajstić information content (AvgIpc) is 3.37. The minimum atomic E-state index is -0.194. The molecule has 3 aromatic rings. The number of urea groups is 1. The standard InChI is InChI=1S/C22H24N4O2/c1-3-16-8-5-10-18(14-16)23-22(27)26-12-6-11-19(26)21-24-20(25-28-21)17-9-4-7-15(2)13-17/h4-5,7-10,13-14,19H,3,6,11-12H2,1-2H3,(H,23,27)/t19-/m1/s1. The summed E-state index contributed by atoms with van der Waals surface area (Å²) in [5.74, 6) is 1.05. The summed E-state index contributed by atoms with van der Waals surface area (Å²) >= 11 is 0. The van der Waals surface area contributed by atoms with E-state index in [1.54, 1.807) is 4.90 Å². The van der Waals surface area contributed by atoms with Crippen molar-refractivity contribution in [3.8, 4) is 11.4 Å². The number of aryl methyl sites for hydroxylation is 2. The van der Waals surface area contributed by atoms with Crippen LogP contribution in [0.25, 0.3) is 11.4 Å². The van der Waals surface area contributed by atoms with Gasteiger partial charge in [-0.1, -0.05) is 48.0 Å². The lowest BCUT2D eigenvalue weighted by Gasteiger charge is -2.22. The van der Waals surface area contributed by atoms with Crippen molar-refractivity contribution in [3.05, 3.63) is 65.5 Å². The maximum Gasteiger partial charge on any atom is 0.322 e. The number of nitrogens with one attached hydrogen (secondary N) is 1. The third-order valence-corrected chi connectivity index (χ3v) is 5.10. The highest BCUT2D eigenvalue weighted by molar-refractivity contribution is 5.89. The molecule has 1 saturated heterocycles. The highest BCUT2D eigenvalue weighted by atomic mass is 16.5. The molecule has 0 saturated carbocycles. The summed E-state index contributed by atoms with van der Waals surface area (Å²) in [5.41, 5.74) is 4.05. The van der Waals surface area contributed by atoms with Crippen LogP contribution in [0.2, 0.25) is 0 Å². The lowest BCUT2D eigenvalue weighted by atomic mass is 10.1. The van der Waals surface area contributed by atoms with Crippen molar-refractivity contribution in [2.24, 2.45) is 0 Å². The molecule has 1 aliphatic rings. The molecule has 144 valence electrons. The van der Waals surface area contributed by atoms with Crippen LogP contribution in [0.5, 0.6) is 0 Å². The Labute approximate surface area is 164 Å². The molecule has 0 spiro atoms. The summed E-state index contributed by atoms with van der Waals surface area (Å²) in [5, 5.41) is 7.13. The predicted octanol–water partition coefficient (Wildman–Crippen LogP) is 4.98. The summed E-state index contributed by atoms with van der Waals surface area (Å²) in [6.45, 7) is 4.80. The first-order valence-electron chi connectivity index (χ1n) is 9.71. The van der Waals surface area contributed by atoms with E-state index in [1.165, 1.54) is 5.56 Å². The van der Waals surface area contributed by atoms with E-state index < -0.39 is 0 Å². The average molecular weight is 376 g/mol. The fourth-order valence-electron chi connectivity index (χ4n) is 3.60. The van der Waals surface area contributed by atoms with Crippen LogP contribution in [-0.4, -0.2) is 27.6 Å². The van der Waals surface area contributed by atoms with E-state index in [0.717, 1.165) is 36.1 Å². The third kappa shape index (κ3) is 3.76. The number of rotatable bonds is 4. The van der Waals surface area contributed by atoms with Crippen LogP contribution >= 0.6 is 0 Å². The van der Waals surface area contributed by atoms with Gasteiger partial charge < -0.3 is 14.7 Å². The minimum absolute atomic E-state index is 0.133. The van der Waals surface area contributed by atoms with Crippen LogP contribution in [0.15, 0.2) is 53.1 Å². The van der Waals surface area contributed by atoms with Crippen molar-refractivity contribution >= 4 is 11.7 Å². The minimum Gasteiger partial charge on any atom is -0.337 e. The van der Waals surface area contributed by atoms with Crippen molar-refractivity contribution in [2.75, 3.05) is 11.9 Å². The van der Waals surface area contributed by atoms with Crippen LogP contribution in [0, 0.1) is 6.92 Å². The predicted molar refractivity (Wildman–Crippen MR) is 108 cm³/mol. The van der Waals surface area contributed by atoms with Gasteiger partial charge in [0.1, 0.15) is 6.04 Å². The Kier molecular flexibility index (Phi) is 5.10. The highest BCUT2D eigenvalue weighted by Gasteiger charge is 2.34. The van der Waals surface area contributed by atoms with Crippen LogP contribution in [-0.2, 0) is 6.42 Å². The Morgan fingerprint density at radius 1 is 1.25 bits per heavy atom. The summed E-state index contributed by atoms with van der Waals surface area (Å²) in [6, 6.07) is 15.6. The lowest BCUT2D eigenvalue weighted by molar-refractivity contribution is 0.193. The molecule has 0 bridgehead atoms. The number of carbonyl (C=O) groups excluding carboxylic acids is 1. The molecule has 1 fully saturated rings. The topological polar surface area (TPSA) is 71.3 Å². The molecule has 1 aromatic heterocycles. The number of likely N-dealkylation sites (tertiary alicyclic amines) is 1. The molecule has 0 unspecified atom stereocenters. The summed E-state index contributed by atoms with van der Waals surface area (Å²) in [6.07, 6.45) is 2.66. The molecule has 6 heteroatoms. The van der Waals surface area contributed by atoms with Crippen molar-refractivity contribution < 1.29 is 9.32 Å². The molecule has 2 heterocycles. The molecule has 2 amide bonds. The highest BCUT2D eigenvalue weighted by Crippen LogP contribution is 2.32. The van der Waals surface area contributed by atoms with Gasteiger partial charge in [-0.3, -0.25) is 0 Å². The normalized spacial score (nSPS) is 16.4. The van der Waals surface area contributed by atoms with Gasteiger partial charge in [0.15, 0.2) is 0 Å². The maximum absolute atomic E-state index is 12.8. The van der Waals surface area contributed by atoms with Gasteiger partial charge in [-0.05, 0) is 49.9 Å². The van der Waals surface area contributed by atoms with Crippen LogP contribution in [0.4, 0.5) is 10.5 Å². The van der Waals surface area contributed by atoms with E-state index in [9.17, 15) is 4.79 Å². The Hall–Kier alpha value is -3.15. The summed E-state index contributed by atoms with van der Waals surface area (Å²) < 4.78 is 5.53. The molecule has 4 rings (SSSR count). The van der Waals surface area contributed by atoms with Crippen LogP contribution in [0.1, 0.15) is 42.8 Å². The smallest absolute Gasteiger partial charge is 0.322 e. The number of nitrogens with zero attached hydrogens (tertiary/aromatic N) is 3. The quantitative estimate of drug-likeness (QED) is 0.697.